The summed E-state index contributed by atoms with van der Waals surface area (Å²) in [5.74, 6) is 0. The van der Waals surface area contributed by atoms with Crippen molar-refractivity contribution in [3.63, 3.8) is 0 Å². The van der Waals surface area contributed by atoms with Gasteiger partial charge in [0.1, 0.15) is 19.0 Å². The number of rotatable bonds is 1. The molecule has 0 aliphatic heterocycles. The Labute approximate surface area is 158 Å². The Morgan fingerprint density at radius 2 is 1.33 bits per heavy atom. The lowest BCUT2D eigenvalue weighted by atomic mass is 9.95. The first-order valence-corrected chi connectivity index (χ1v) is 9.20. The second-order valence-corrected chi connectivity index (χ2v) is 7.27. The van der Waals surface area contributed by atoms with Crippen LogP contribution in [0.4, 0.5) is 0 Å². The molecule has 1 heterocycles. The largest absolute Gasteiger partial charge is 0.456 e. The molecule has 0 fully saturated rings. The molecule has 4 aromatic carbocycles. The lowest BCUT2D eigenvalue weighted by Crippen LogP contribution is -1.98. The summed E-state index contributed by atoms with van der Waals surface area (Å²) in [5, 5.41) is 2.23. The van der Waals surface area contributed by atoms with Crippen molar-refractivity contribution in [1.82, 2.24) is 0 Å². The SMILES string of the molecule is [B]c1ccc2c(c1)oc1cc(-c3ccc4c(c3)Cc3ccccc3-4)ccc12. The summed E-state index contributed by atoms with van der Waals surface area (Å²) in [5.41, 5.74) is 10.4. The second kappa shape index (κ2) is 5.37. The van der Waals surface area contributed by atoms with Crippen molar-refractivity contribution in [2.45, 2.75) is 6.42 Å². The van der Waals surface area contributed by atoms with Crippen LogP contribution in [0.5, 0.6) is 0 Å². The van der Waals surface area contributed by atoms with E-state index < -0.39 is 0 Å². The maximum Gasteiger partial charge on any atom is 0.136 e. The van der Waals surface area contributed by atoms with Crippen LogP contribution < -0.4 is 5.46 Å². The van der Waals surface area contributed by atoms with E-state index in [1.165, 1.54) is 33.4 Å². The van der Waals surface area contributed by atoms with Gasteiger partial charge < -0.3 is 4.42 Å². The average molecular weight is 342 g/mol. The minimum absolute atomic E-state index is 0.722. The van der Waals surface area contributed by atoms with Crippen molar-refractivity contribution in [1.29, 1.82) is 0 Å². The minimum atomic E-state index is 0.722. The predicted molar refractivity (Wildman–Crippen MR) is 113 cm³/mol. The first-order chi connectivity index (χ1) is 13.3. The van der Waals surface area contributed by atoms with Gasteiger partial charge in [0.05, 0.1) is 0 Å². The number of fused-ring (bicyclic) bond motifs is 6. The highest BCUT2D eigenvalue weighted by molar-refractivity contribution is 6.33. The lowest BCUT2D eigenvalue weighted by Gasteiger charge is -2.06. The van der Waals surface area contributed by atoms with Crippen LogP contribution in [0.1, 0.15) is 11.1 Å². The number of benzene rings is 4. The highest BCUT2D eigenvalue weighted by Gasteiger charge is 2.18. The van der Waals surface area contributed by atoms with Gasteiger partial charge in [0.25, 0.3) is 0 Å². The summed E-state index contributed by atoms with van der Waals surface area (Å²) >= 11 is 0. The fourth-order valence-corrected chi connectivity index (χ4v) is 4.30. The molecule has 2 radical (unpaired) electrons. The van der Waals surface area contributed by atoms with Crippen molar-refractivity contribution in [2.75, 3.05) is 0 Å². The molecule has 0 saturated heterocycles. The second-order valence-electron chi connectivity index (χ2n) is 7.27. The molecule has 0 N–H and O–H groups in total. The maximum atomic E-state index is 6.06. The van der Waals surface area contributed by atoms with Gasteiger partial charge >= 0.3 is 0 Å². The summed E-state index contributed by atoms with van der Waals surface area (Å²) in [7, 11) is 5.89. The van der Waals surface area contributed by atoms with Gasteiger partial charge in [-0.3, -0.25) is 0 Å². The molecular formula is C25H15BO. The van der Waals surface area contributed by atoms with E-state index in [1.54, 1.807) is 0 Å². The number of furan rings is 1. The molecule has 1 aliphatic carbocycles. The topological polar surface area (TPSA) is 13.1 Å². The minimum Gasteiger partial charge on any atom is -0.456 e. The highest BCUT2D eigenvalue weighted by atomic mass is 16.3. The predicted octanol–water partition coefficient (Wildman–Crippen LogP) is 5.62. The van der Waals surface area contributed by atoms with Gasteiger partial charge in [0.15, 0.2) is 0 Å². The Morgan fingerprint density at radius 1 is 0.630 bits per heavy atom. The molecular weight excluding hydrogens is 327 g/mol. The summed E-state index contributed by atoms with van der Waals surface area (Å²) in [6.45, 7) is 0. The highest BCUT2D eigenvalue weighted by Crippen LogP contribution is 2.39. The van der Waals surface area contributed by atoms with Crippen LogP contribution in [-0.2, 0) is 6.42 Å². The number of hydrogen-bond donors (Lipinski definition) is 0. The van der Waals surface area contributed by atoms with Crippen LogP contribution in [0.25, 0.3) is 44.2 Å². The van der Waals surface area contributed by atoms with Crippen molar-refractivity contribution >= 4 is 35.2 Å². The summed E-state index contributed by atoms with van der Waals surface area (Å²) in [6.07, 6.45) is 1.01. The van der Waals surface area contributed by atoms with Crippen LogP contribution >= 0.6 is 0 Å². The normalized spacial score (nSPS) is 12.4. The van der Waals surface area contributed by atoms with Gasteiger partial charge in [-0.25, -0.2) is 0 Å². The molecule has 0 atom stereocenters. The van der Waals surface area contributed by atoms with Gasteiger partial charge in [-0.2, -0.15) is 0 Å². The molecule has 2 heteroatoms. The molecule has 0 saturated carbocycles. The van der Waals surface area contributed by atoms with Crippen molar-refractivity contribution in [2.24, 2.45) is 0 Å². The van der Waals surface area contributed by atoms with E-state index in [1.807, 2.05) is 18.2 Å². The van der Waals surface area contributed by atoms with Crippen LogP contribution in [-0.4, -0.2) is 7.85 Å². The zero-order chi connectivity index (χ0) is 18.0. The fraction of sp³-hybridized carbons (Fsp3) is 0.0400. The summed E-state index contributed by atoms with van der Waals surface area (Å²) < 4.78 is 6.06. The van der Waals surface area contributed by atoms with Crippen molar-refractivity contribution in [3.8, 4) is 22.3 Å². The van der Waals surface area contributed by atoms with E-state index in [2.05, 4.69) is 60.7 Å². The van der Waals surface area contributed by atoms with Gasteiger partial charge in [-0.1, -0.05) is 66.1 Å². The van der Waals surface area contributed by atoms with E-state index in [0.717, 1.165) is 33.8 Å². The van der Waals surface area contributed by atoms with Gasteiger partial charge in [-0.15, -0.1) is 0 Å². The lowest BCUT2D eigenvalue weighted by molar-refractivity contribution is 0.669. The molecule has 27 heavy (non-hydrogen) atoms. The first kappa shape index (κ1) is 14.9. The molecule has 0 amide bonds. The summed E-state index contributed by atoms with van der Waals surface area (Å²) in [6, 6.07) is 27.8. The molecule has 1 aliphatic rings. The molecule has 0 unspecified atom stereocenters. The van der Waals surface area contributed by atoms with Crippen LogP contribution in [0.15, 0.2) is 83.3 Å². The quantitative estimate of drug-likeness (QED) is 0.354. The first-order valence-electron chi connectivity index (χ1n) is 9.20. The Balaban J connectivity index is 1.48. The van der Waals surface area contributed by atoms with E-state index in [9.17, 15) is 0 Å². The van der Waals surface area contributed by atoms with Crippen molar-refractivity contribution in [3.05, 3.63) is 90.0 Å². The molecule has 6 rings (SSSR count). The standard InChI is InChI=1S/C25H15BO/c26-19-7-10-23-22-9-6-16(13-24(22)27-25(23)14-19)15-5-8-21-18(11-15)12-17-3-1-2-4-20(17)21/h1-11,13-14H,12H2. The monoisotopic (exact) mass is 342 g/mol. The Kier molecular flexibility index (Phi) is 2.96. The third-order valence-corrected chi connectivity index (χ3v) is 5.62. The Bertz CT molecular complexity index is 1360. The van der Waals surface area contributed by atoms with E-state index >= 15 is 0 Å². The van der Waals surface area contributed by atoms with Crippen molar-refractivity contribution < 1.29 is 4.42 Å². The average Bonchev–Trinajstić information content (AvgIpc) is 3.24. The molecule has 1 aromatic heterocycles. The Morgan fingerprint density at radius 3 is 2.26 bits per heavy atom. The van der Waals surface area contributed by atoms with E-state index in [-0.39, 0.29) is 0 Å². The third kappa shape index (κ3) is 2.20. The Hall–Kier alpha value is -3.26. The van der Waals surface area contributed by atoms with Crippen LogP contribution in [0, 0.1) is 0 Å². The van der Waals surface area contributed by atoms with Gasteiger partial charge in [-0.05, 0) is 58.0 Å². The molecule has 0 spiro atoms. The van der Waals surface area contributed by atoms with Gasteiger partial charge in [0.2, 0.25) is 0 Å². The van der Waals surface area contributed by atoms with E-state index in [4.69, 9.17) is 12.3 Å². The molecule has 1 nitrogen and oxygen atoms in total. The molecule has 124 valence electrons. The van der Waals surface area contributed by atoms with E-state index in [0.29, 0.717) is 0 Å². The zero-order valence-electron chi connectivity index (χ0n) is 14.7. The smallest absolute Gasteiger partial charge is 0.136 e. The zero-order valence-corrected chi connectivity index (χ0v) is 14.7. The molecule has 0 bridgehead atoms. The maximum absolute atomic E-state index is 6.06. The molecule has 5 aromatic rings. The summed E-state index contributed by atoms with van der Waals surface area (Å²) in [4.78, 5) is 0. The van der Waals surface area contributed by atoms with Crippen LogP contribution in [0.3, 0.4) is 0 Å². The number of hydrogen-bond acceptors (Lipinski definition) is 1. The third-order valence-electron chi connectivity index (χ3n) is 5.62. The fourth-order valence-electron chi connectivity index (χ4n) is 4.30. The van der Waals surface area contributed by atoms with Gasteiger partial charge in [0, 0.05) is 10.8 Å². The van der Waals surface area contributed by atoms with Crippen LogP contribution in [0.2, 0.25) is 0 Å².